The lowest BCUT2D eigenvalue weighted by Gasteiger charge is -2.51. The monoisotopic (exact) mass is 241 g/mol. The average molecular weight is 241 g/mol. The highest BCUT2D eigenvalue weighted by atomic mass is 16.4. The van der Waals surface area contributed by atoms with Crippen LogP contribution in [0.4, 0.5) is 0 Å². The van der Waals surface area contributed by atoms with E-state index in [-0.39, 0.29) is 11.3 Å². The largest absolute Gasteiger partial charge is 0.480 e. The summed E-state index contributed by atoms with van der Waals surface area (Å²) in [5, 5.41) is 9.78. The first kappa shape index (κ1) is 14.5. The number of rotatable bonds is 3. The molecule has 0 aromatic rings. The van der Waals surface area contributed by atoms with Crippen LogP contribution in [0.15, 0.2) is 0 Å². The van der Waals surface area contributed by atoms with Crippen molar-refractivity contribution in [1.82, 2.24) is 4.90 Å². The Balaban J connectivity index is 3.18. The zero-order chi connectivity index (χ0) is 13.3. The van der Waals surface area contributed by atoms with Gasteiger partial charge in [-0.15, -0.1) is 0 Å². The first-order valence-corrected chi connectivity index (χ1v) is 6.71. The van der Waals surface area contributed by atoms with Gasteiger partial charge in [0, 0.05) is 0 Å². The third-order valence-electron chi connectivity index (χ3n) is 4.45. The molecule has 1 aliphatic carbocycles. The van der Waals surface area contributed by atoms with E-state index in [9.17, 15) is 9.90 Å². The van der Waals surface area contributed by atoms with Crippen molar-refractivity contribution in [2.75, 3.05) is 13.6 Å². The number of carboxylic acids is 1. The highest BCUT2D eigenvalue weighted by molar-refractivity contribution is 5.79. The molecular weight excluding hydrogens is 214 g/mol. The second kappa shape index (κ2) is 4.97. The molecule has 1 rings (SSSR count). The standard InChI is InChI=1S/C14H27NO2/c1-6-15(5)14(12(16)17)10-8-7-9-11(14)13(2,3)4/h11H,6-10H2,1-5H3,(H,16,17). The molecule has 2 unspecified atom stereocenters. The van der Waals surface area contributed by atoms with Crippen LogP contribution in [-0.4, -0.2) is 35.1 Å². The predicted molar refractivity (Wildman–Crippen MR) is 70.1 cm³/mol. The Labute approximate surface area is 105 Å². The number of carbonyl (C=O) groups is 1. The Kier molecular flexibility index (Phi) is 4.23. The highest BCUT2D eigenvalue weighted by Crippen LogP contribution is 2.47. The topological polar surface area (TPSA) is 40.5 Å². The molecule has 0 saturated heterocycles. The van der Waals surface area contributed by atoms with Crippen molar-refractivity contribution in [3.63, 3.8) is 0 Å². The van der Waals surface area contributed by atoms with E-state index < -0.39 is 11.5 Å². The van der Waals surface area contributed by atoms with Gasteiger partial charge in [0.2, 0.25) is 0 Å². The van der Waals surface area contributed by atoms with E-state index in [0.717, 1.165) is 32.2 Å². The summed E-state index contributed by atoms with van der Waals surface area (Å²) in [6, 6.07) is 0. The maximum atomic E-state index is 11.9. The molecule has 0 radical (unpaired) electrons. The lowest BCUT2D eigenvalue weighted by atomic mass is 9.61. The predicted octanol–water partition coefficient (Wildman–Crippen LogP) is 3.00. The number of hydrogen-bond donors (Lipinski definition) is 1. The molecule has 1 saturated carbocycles. The van der Waals surface area contributed by atoms with Gasteiger partial charge in [0.15, 0.2) is 0 Å². The van der Waals surface area contributed by atoms with Crippen LogP contribution in [-0.2, 0) is 4.79 Å². The minimum Gasteiger partial charge on any atom is -0.480 e. The summed E-state index contributed by atoms with van der Waals surface area (Å²) in [5.41, 5.74) is -0.618. The summed E-state index contributed by atoms with van der Waals surface area (Å²) >= 11 is 0. The van der Waals surface area contributed by atoms with Gasteiger partial charge in [-0.3, -0.25) is 9.69 Å². The quantitative estimate of drug-likeness (QED) is 0.825. The van der Waals surface area contributed by atoms with Crippen molar-refractivity contribution in [2.24, 2.45) is 11.3 Å². The number of nitrogens with zero attached hydrogens (tertiary/aromatic N) is 1. The van der Waals surface area contributed by atoms with Gasteiger partial charge in [-0.25, -0.2) is 0 Å². The Morgan fingerprint density at radius 3 is 2.41 bits per heavy atom. The molecule has 1 fully saturated rings. The van der Waals surface area contributed by atoms with Gasteiger partial charge in [-0.05, 0) is 37.8 Å². The zero-order valence-corrected chi connectivity index (χ0v) is 11.9. The molecule has 2 atom stereocenters. The summed E-state index contributed by atoms with van der Waals surface area (Å²) in [6.07, 6.45) is 4.01. The Morgan fingerprint density at radius 1 is 1.41 bits per heavy atom. The van der Waals surface area contributed by atoms with Crippen molar-refractivity contribution in [2.45, 2.75) is 58.9 Å². The van der Waals surface area contributed by atoms with Gasteiger partial charge in [0.05, 0.1) is 0 Å². The second-order valence-corrected chi connectivity index (χ2v) is 6.41. The molecule has 0 spiro atoms. The van der Waals surface area contributed by atoms with Gasteiger partial charge in [-0.2, -0.15) is 0 Å². The molecule has 3 heteroatoms. The molecule has 3 nitrogen and oxygen atoms in total. The van der Waals surface area contributed by atoms with E-state index in [1.807, 2.05) is 18.9 Å². The van der Waals surface area contributed by atoms with Crippen molar-refractivity contribution in [1.29, 1.82) is 0 Å². The molecule has 0 amide bonds. The van der Waals surface area contributed by atoms with Crippen LogP contribution in [0, 0.1) is 11.3 Å². The lowest BCUT2D eigenvalue weighted by molar-refractivity contribution is -0.162. The Morgan fingerprint density at radius 2 is 2.00 bits per heavy atom. The lowest BCUT2D eigenvalue weighted by Crippen LogP contribution is -2.62. The summed E-state index contributed by atoms with van der Waals surface area (Å²) in [6.45, 7) is 9.34. The van der Waals surface area contributed by atoms with Crippen LogP contribution >= 0.6 is 0 Å². The van der Waals surface area contributed by atoms with Gasteiger partial charge in [-0.1, -0.05) is 40.5 Å². The number of carboxylic acid groups (broad SMARTS) is 1. The molecule has 0 aromatic heterocycles. The van der Waals surface area contributed by atoms with E-state index in [2.05, 4.69) is 20.8 Å². The fraction of sp³-hybridized carbons (Fsp3) is 0.929. The van der Waals surface area contributed by atoms with Crippen LogP contribution in [0.1, 0.15) is 53.4 Å². The van der Waals surface area contributed by atoms with Crippen molar-refractivity contribution >= 4 is 5.97 Å². The minimum atomic E-state index is -0.661. The fourth-order valence-electron chi connectivity index (χ4n) is 3.46. The van der Waals surface area contributed by atoms with Crippen LogP contribution in [0.5, 0.6) is 0 Å². The highest BCUT2D eigenvalue weighted by Gasteiger charge is 2.53. The van der Waals surface area contributed by atoms with E-state index in [1.165, 1.54) is 0 Å². The summed E-state index contributed by atoms with van der Waals surface area (Å²) in [5.74, 6) is -0.410. The Hall–Kier alpha value is -0.570. The summed E-state index contributed by atoms with van der Waals surface area (Å²) < 4.78 is 0. The van der Waals surface area contributed by atoms with Gasteiger partial charge >= 0.3 is 5.97 Å². The maximum Gasteiger partial charge on any atom is 0.324 e. The van der Waals surface area contributed by atoms with E-state index in [1.54, 1.807) is 0 Å². The van der Waals surface area contributed by atoms with Gasteiger partial charge < -0.3 is 5.11 Å². The fourth-order valence-corrected chi connectivity index (χ4v) is 3.46. The molecule has 1 aliphatic rings. The third-order valence-corrected chi connectivity index (χ3v) is 4.45. The van der Waals surface area contributed by atoms with Crippen LogP contribution in [0.2, 0.25) is 0 Å². The molecule has 0 bridgehead atoms. The normalized spacial score (nSPS) is 30.6. The smallest absolute Gasteiger partial charge is 0.324 e. The van der Waals surface area contributed by atoms with Crippen molar-refractivity contribution < 1.29 is 9.90 Å². The molecule has 1 N–H and O–H groups in total. The minimum absolute atomic E-state index is 0.0439. The zero-order valence-electron chi connectivity index (χ0n) is 11.9. The van der Waals surface area contributed by atoms with Crippen LogP contribution in [0.25, 0.3) is 0 Å². The van der Waals surface area contributed by atoms with Crippen LogP contribution in [0.3, 0.4) is 0 Å². The van der Waals surface area contributed by atoms with E-state index in [4.69, 9.17) is 0 Å². The van der Waals surface area contributed by atoms with E-state index in [0.29, 0.717) is 0 Å². The van der Waals surface area contributed by atoms with Crippen molar-refractivity contribution in [3.8, 4) is 0 Å². The van der Waals surface area contributed by atoms with Gasteiger partial charge in [0.1, 0.15) is 5.54 Å². The summed E-state index contributed by atoms with van der Waals surface area (Å²) in [4.78, 5) is 13.9. The average Bonchev–Trinajstić information content (AvgIpc) is 2.26. The maximum absolute atomic E-state index is 11.9. The number of likely N-dealkylation sites (N-methyl/N-ethyl adjacent to an activating group) is 1. The SMILES string of the molecule is CCN(C)C1(C(=O)O)CCCCC1C(C)(C)C. The number of aliphatic carboxylic acids is 1. The molecule has 0 aliphatic heterocycles. The third kappa shape index (κ3) is 2.49. The molecule has 17 heavy (non-hydrogen) atoms. The Bertz CT molecular complexity index is 282. The first-order chi connectivity index (χ1) is 7.76. The van der Waals surface area contributed by atoms with Gasteiger partial charge in [0.25, 0.3) is 0 Å². The van der Waals surface area contributed by atoms with E-state index >= 15 is 0 Å². The van der Waals surface area contributed by atoms with Crippen LogP contribution < -0.4 is 0 Å². The molecule has 0 heterocycles. The van der Waals surface area contributed by atoms with Crippen molar-refractivity contribution in [3.05, 3.63) is 0 Å². The molecule has 0 aromatic carbocycles. The molecular formula is C14H27NO2. The molecule has 100 valence electrons. The number of hydrogen-bond acceptors (Lipinski definition) is 2. The summed E-state index contributed by atoms with van der Waals surface area (Å²) in [7, 11) is 1.96. The first-order valence-electron chi connectivity index (χ1n) is 6.71. The second-order valence-electron chi connectivity index (χ2n) is 6.41.